The molecule has 36 heavy (non-hydrogen) atoms. The van der Waals surface area contributed by atoms with Crippen LogP contribution in [-0.4, -0.2) is 73.2 Å². The van der Waals surface area contributed by atoms with Crippen molar-refractivity contribution in [1.82, 2.24) is 20.2 Å². The van der Waals surface area contributed by atoms with E-state index in [4.69, 9.17) is 19.3 Å². The van der Waals surface area contributed by atoms with Gasteiger partial charge < -0.3 is 29.9 Å². The van der Waals surface area contributed by atoms with Crippen molar-refractivity contribution >= 4 is 31.6 Å². The first-order valence-electron chi connectivity index (χ1n) is 11.6. The number of fused-ring (bicyclic) bond motifs is 1. The number of phosphoric ester groups is 1. The number of urea groups is 1. The van der Waals surface area contributed by atoms with Gasteiger partial charge in [-0.2, -0.15) is 11.8 Å². The molecule has 16 heteroatoms. The quantitative estimate of drug-likeness (QED) is 0.113. The second-order valence-electron chi connectivity index (χ2n) is 9.03. The Morgan fingerprint density at radius 2 is 2.06 bits per heavy atom. The molecule has 1 aromatic heterocycles. The van der Waals surface area contributed by atoms with Gasteiger partial charge in [-0.25, -0.2) is 14.2 Å². The molecule has 200 valence electrons. The van der Waals surface area contributed by atoms with E-state index in [0.717, 1.165) is 23.2 Å². The molecule has 0 spiro atoms. The lowest BCUT2D eigenvalue weighted by molar-refractivity contribution is -0.153. The number of aryl methyl sites for hydroxylation is 1. The number of H-pyrrole nitrogens is 1. The van der Waals surface area contributed by atoms with Crippen LogP contribution in [0.25, 0.3) is 0 Å². The smallest absolute Gasteiger partial charge is 0.459 e. The number of hydrogen-bond donors (Lipinski definition) is 5. The SMILES string of the molecule is Cc1cn([C@H]2C[C@H](OC(=O)CCCC[C@@H]3SC[C@@H]4NC(=O)N[C@@H]43)[C@@H](COP(=O)(O)O)O2)c(=O)[nH]c1=O. The van der Waals surface area contributed by atoms with Crippen LogP contribution in [0.2, 0.25) is 0 Å². The molecule has 0 radical (unpaired) electrons. The molecular weight excluding hydrogens is 519 g/mol. The minimum atomic E-state index is -4.81. The Kier molecular flexibility index (Phi) is 8.27. The average molecular weight is 549 g/mol. The summed E-state index contributed by atoms with van der Waals surface area (Å²) in [6.07, 6.45) is 0.740. The monoisotopic (exact) mass is 548 g/mol. The predicted octanol–water partition coefficient (Wildman–Crippen LogP) is -0.121. The Balaban J connectivity index is 1.31. The van der Waals surface area contributed by atoms with Gasteiger partial charge in [-0.3, -0.25) is 23.7 Å². The number of aromatic nitrogens is 2. The highest BCUT2D eigenvalue weighted by Gasteiger charge is 2.43. The van der Waals surface area contributed by atoms with Gasteiger partial charge in [-0.05, 0) is 19.8 Å². The van der Waals surface area contributed by atoms with Crippen LogP contribution in [-0.2, 0) is 23.4 Å². The van der Waals surface area contributed by atoms with Gasteiger partial charge in [0, 0.05) is 35.6 Å². The Bertz CT molecular complexity index is 1150. The van der Waals surface area contributed by atoms with E-state index in [1.807, 2.05) is 0 Å². The van der Waals surface area contributed by atoms with Crippen molar-refractivity contribution in [2.24, 2.45) is 0 Å². The summed E-state index contributed by atoms with van der Waals surface area (Å²) in [6, 6.07) is 0.0862. The number of amides is 2. The van der Waals surface area contributed by atoms with Crippen LogP contribution in [0.3, 0.4) is 0 Å². The molecule has 3 saturated heterocycles. The standard InChI is InChI=1S/C20H29N4O10PS/c1-10-7-24(20(28)23-18(10)26)15-6-12(13(33-15)8-32-35(29,30)31)34-16(25)5-3-2-4-14-17-11(9-36-14)21-19(27)22-17/h7,11-15,17H,2-6,8-9H2,1H3,(H2,21,22,27)(H,23,26,28)(H2,29,30,31)/t11-,12-,13+,14-,15+,17-/m0/s1. The molecule has 0 aliphatic carbocycles. The fraction of sp³-hybridized carbons (Fsp3) is 0.700. The van der Waals surface area contributed by atoms with E-state index in [2.05, 4.69) is 20.1 Å². The van der Waals surface area contributed by atoms with Gasteiger partial charge in [0.05, 0.1) is 18.7 Å². The number of carbonyl (C=O) groups is 2. The minimum absolute atomic E-state index is 0.0286. The second-order valence-corrected chi connectivity index (χ2v) is 11.5. The number of thioether (sulfide) groups is 1. The van der Waals surface area contributed by atoms with Gasteiger partial charge >= 0.3 is 25.5 Å². The molecule has 3 aliphatic rings. The van der Waals surface area contributed by atoms with E-state index in [1.165, 1.54) is 13.1 Å². The maximum absolute atomic E-state index is 12.5. The zero-order valence-corrected chi connectivity index (χ0v) is 21.2. The molecule has 0 unspecified atom stereocenters. The van der Waals surface area contributed by atoms with Gasteiger partial charge in [0.25, 0.3) is 5.56 Å². The van der Waals surface area contributed by atoms with Crippen molar-refractivity contribution in [3.63, 3.8) is 0 Å². The lowest BCUT2D eigenvalue weighted by Gasteiger charge is -2.19. The van der Waals surface area contributed by atoms with E-state index in [0.29, 0.717) is 6.42 Å². The molecule has 14 nitrogen and oxygen atoms in total. The molecule has 0 saturated carbocycles. The third-order valence-corrected chi connectivity index (χ3v) is 8.38. The van der Waals surface area contributed by atoms with Gasteiger partial charge in [0.15, 0.2) is 0 Å². The van der Waals surface area contributed by atoms with Crippen LogP contribution in [0.15, 0.2) is 15.8 Å². The number of nitrogens with zero attached hydrogens (tertiary/aromatic N) is 1. The highest BCUT2D eigenvalue weighted by molar-refractivity contribution is 8.00. The van der Waals surface area contributed by atoms with Crippen LogP contribution in [0.1, 0.15) is 43.9 Å². The van der Waals surface area contributed by atoms with Crippen molar-refractivity contribution in [3.05, 3.63) is 32.6 Å². The molecule has 2 amide bonds. The molecule has 1 aromatic rings. The summed E-state index contributed by atoms with van der Waals surface area (Å²) in [4.78, 5) is 68.2. The van der Waals surface area contributed by atoms with E-state index in [1.54, 1.807) is 11.8 Å². The molecule has 3 fully saturated rings. The highest BCUT2D eigenvalue weighted by atomic mass is 32.2. The molecule has 3 aliphatic heterocycles. The van der Waals surface area contributed by atoms with Gasteiger partial charge in [0.2, 0.25) is 0 Å². The molecule has 4 rings (SSSR count). The number of carbonyl (C=O) groups excluding carboxylic acids is 2. The van der Waals surface area contributed by atoms with E-state index >= 15 is 0 Å². The Morgan fingerprint density at radius 3 is 2.81 bits per heavy atom. The normalized spacial score (nSPS) is 29.6. The molecule has 6 atom stereocenters. The largest absolute Gasteiger partial charge is 0.469 e. The predicted molar refractivity (Wildman–Crippen MR) is 126 cm³/mol. The zero-order valence-electron chi connectivity index (χ0n) is 19.5. The summed E-state index contributed by atoms with van der Waals surface area (Å²) < 4.78 is 28.1. The second kappa shape index (κ2) is 11.1. The van der Waals surface area contributed by atoms with E-state index in [-0.39, 0.29) is 41.8 Å². The number of nitrogens with one attached hydrogen (secondary N) is 3. The zero-order chi connectivity index (χ0) is 26.0. The van der Waals surface area contributed by atoms with Crippen molar-refractivity contribution in [3.8, 4) is 0 Å². The summed E-state index contributed by atoms with van der Waals surface area (Å²) >= 11 is 1.79. The average Bonchev–Trinajstić information content (AvgIpc) is 3.46. The van der Waals surface area contributed by atoms with Crippen molar-refractivity contribution < 1.29 is 37.9 Å². The van der Waals surface area contributed by atoms with Crippen molar-refractivity contribution in [2.45, 2.75) is 74.8 Å². The van der Waals surface area contributed by atoms with Gasteiger partial charge in [-0.15, -0.1) is 0 Å². The summed E-state index contributed by atoms with van der Waals surface area (Å²) in [6.45, 7) is 0.952. The van der Waals surface area contributed by atoms with Crippen molar-refractivity contribution in [2.75, 3.05) is 12.4 Å². The summed E-state index contributed by atoms with van der Waals surface area (Å²) in [5.41, 5.74) is -1.00. The van der Waals surface area contributed by atoms with E-state index in [9.17, 15) is 23.7 Å². The molecule has 4 heterocycles. The van der Waals surface area contributed by atoms with Crippen LogP contribution in [0.4, 0.5) is 4.79 Å². The number of rotatable bonds is 10. The summed E-state index contributed by atoms with van der Waals surface area (Å²) in [5, 5.41) is 6.10. The lowest BCUT2D eigenvalue weighted by Crippen LogP contribution is -2.36. The van der Waals surface area contributed by atoms with Gasteiger partial charge in [0.1, 0.15) is 18.4 Å². The van der Waals surface area contributed by atoms with Crippen LogP contribution in [0, 0.1) is 6.92 Å². The lowest BCUT2D eigenvalue weighted by atomic mass is 10.0. The summed E-state index contributed by atoms with van der Waals surface area (Å²) in [5.74, 6) is 0.345. The third kappa shape index (κ3) is 6.58. The molecule has 5 N–H and O–H groups in total. The number of esters is 1. The Morgan fingerprint density at radius 1 is 1.28 bits per heavy atom. The Hall–Kier alpha value is -2.16. The summed E-state index contributed by atoms with van der Waals surface area (Å²) in [7, 11) is -4.81. The van der Waals surface area contributed by atoms with Gasteiger partial charge in [-0.1, -0.05) is 6.42 Å². The number of aromatic amines is 1. The number of phosphoric acid groups is 1. The third-order valence-electron chi connectivity index (χ3n) is 6.38. The Labute approximate surface area is 209 Å². The topological polar surface area (TPSA) is 198 Å². The van der Waals surface area contributed by atoms with Crippen molar-refractivity contribution in [1.29, 1.82) is 0 Å². The fourth-order valence-corrected chi connectivity index (χ4v) is 6.49. The maximum Gasteiger partial charge on any atom is 0.469 e. The highest BCUT2D eigenvalue weighted by Crippen LogP contribution is 2.39. The molecule has 0 bridgehead atoms. The number of ether oxygens (including phenoxy) is 2. The minimum Gasteiger partial charge on any atom is -0.459 e. The number of unbranched alkanes of at least 4 members (excludes halogenated alkanes) is 1. The van der Waals surface area contributed by atoms with Crippen LogP contribution in [0.5, 0.6) is 0 Å². The first-order chi connectivity index (χ1) is 17.0. The first-order valence-corrected chi connectivity index (χ1v) is 14.1. The first kappa shape index (κ1) is 26.9. The molecule has 0 aromatic carbocycles. The van der Waals surface area contributed by atoms with Crippen LogP contribution < -0.4 is 21.9 Å². The van der Waals surface area contributed by atoms with Crippen LogP contribution >= 0.6 is 19.6 Å². The van der Waals surface area contributed by atoms with E-state index < -0.39 is 50.1 Å². The maximum atomic E-state index is 12.5. The fourth-order valence-electron chi connectivity index (χ4n) is 4.60. The molecular formula is C20H29N4O10PS. The number of hydrogen-bond acceptors (Lipinski definition) is 9.